The second kappa shape index (κ2) is 9.87. The molecule has 0 N–H and O–H groups in total. The van der Waals surface area contributed by atoms with Gasteiger partial charge in [0.15, 0.2) is 0 Å². The van der Waals surface area contributed by atoms with E-state index in [2.05, 4.69) is 4.98 Å². The third kappa shape index (κ3) is 3.92. The zero-order chi connectivity index (χ0) is 35.0. The third-order valence-corrected chi connectivity index (χ3v) is 7.80. The number of rotatable bonds is 4. The maximum Gasteiger partial charge on any atom is 0.111 e. The van der Waals surface area contributed by atoms with Crippen LogP contribution in [0.3, 0.4) is 0 Å². The molecule has 0 aliphatic rings. The van der Waals surface area contributed by atoms with Crippen LogP contribution in [0.5, 0.6) is 0 Å². The zero-order valence-electron chi connectivity index (χ0n) is 30.7. The molecule has 0 saturated heterocycles. The third-order valence-electron chi connectivity index (χ3n) is 7.80. The highest BCUT2D eigenvalue weighted by Crippen LogP contribution is 2.44. The summed E-state index contributed by atoms with van der Waals surface area (Å²) in [7, 11) is 0. The largest absolute Gasteiger partial charge is 0.297 e. The van der Waals surface area contributed by atoms with Gasteiger partial charge in [0.25, 0.3) is 0 Å². The SMILES string of the molecule is [2H]c1c([2H])c([2H])c2c(-c3ccc(-n4c(C)nc5ccccc54)cc3)c3c([2H])c([2H])c([2H])c([2H])c3c(-c3ccc(-c4ccccc4)cc3)c2c1[2H]. The van der Waals surface area contributed by atoms with Gasteiger partial charge in [0.1, 0.15) is 5.82 Å². The van der Waals surface area contributed by atoms with E-state index in [4.69, 9.17) is 5.48 Å². The Hall–Kier alpha value is -5.47. The van der Waals surface area contributed by atoms with Crippen molar-refractivity contribution in [1.82, 2.24) is 9.55 Å². The Bertz CT molecular complexity index is 2590. The van der Waals surface area contributed by atoms with E-state index < -0.39 is 24.2 Å². The maximum absolute atomic E-state index is 9.20. The topological polar surface area (TPSA) is 17.8 Å². The molecular formula is C40H28N2. The number of para-hydroxylation sites is 2. The van der Waals surface area contributed by atoms with E-state index >= 15 is 0 Å². The second-order valence-electron chi connectivity index (χ2n) is 10.2. The first-order valence-corrected chi connectivity index (χ1v) is 13.7. The van der Waals surface area contributed by atoms with Crippen LogP contribution in [0.2, 0.25) is 0 Å². The summed E-state index contributed by atoms with van der Waals surface area (Å²) in [6.07, 6.45) is 0. The molecule has 2 heteroatoms. The molecule has 0 unspecified atom stereocenters. The number of nitrogens with zero attached hydrogens (tertiary/aromatic N) is 2. The Morgan fingerprint density at radius 3 is 1.52 bits per heavy atom. The van der Waals surface area contributed by atoms with Crippen molar-refractivity contribution in [3.05, 3.63) is 157 Å². The van der Waals surface area contributed by atoms with Crippen molar-refractivity contribution in [2.75, 3.05) is 0 Å². The Kier molecular flexibility index (Phi) is 4.08. The number of hydrogen-bond acceptors (Lipinski definition) is 1. The second-order valence-corrected chi connectivity index (χ2v) is 10.2. The van der Waals surface area contributed by atoms with Crippen LogP contribution in [-0.2, 0) is 0 Å². The zero-order valence-corrected chi connectivity index (χ0v) is 22.7. The van der Waals surface area contributed by atoms with E-state index in [1.807, 2.05) is 115 Å². The van der Waals surface area contributed by atoms with Crippen molar-refractivity contribution in [2.45, 2.75) is 6.92 Å². The van der Waals surface area contributed by atoms with Crippen LogP contribution in [0, 0.1) is 6.92 Å². The first-order chi connectivity index (χ1) is 24.1. The number of benzene rings is 7. The van der Waals surface area contributed by atoms with Crippen LogP contribution in [-0.4, -0.2) is 9.55 Å². The van der Waals surface area contributed by atoms with E-state index in [0.29, 0.717) is 22.3 Å². The van der Waals surface area contributed by atoms with Gasteiger partial charge < -0.3 is 0 Å². The van der Waals surface area contributed by atoms with Gasteiger partial charge in [-0.05, 0) is 86.1 Å². The Balaban J connectivity index is 1.48. The molecule has 0 radical (unpaired) electrons. The van der Waals surface area contributed by atoms with Crippen LogP contribution < -0.4 is 0 Å². The molecule has 42 heavy (non-hydrogen) atoms. The Morgan fingerprint density at radius 2 is 0.952 bits per heavy atom. The van der Waals surface area contributed by atoms with Crippen molar-refractivity contribution in [2.24, 2.45) is 0 Å². The summed E-state index contributed by atoms with van der Waals surface area (Å²) in [6.45, 7) is 1.92. The number of hydrogen-bond donors (Lipinski definition) is 0. The van der Waals surface area contributed by atoms with Gasteiger partial charge in [-0.1, -0.05) is 127 Å². The monoisotopic (exact) mass is 544 g/mol. The Morgan fingerprint density at radius 1 is 0.500 bits per heavy atom. The van der Waals surface area contributed by atoms with Crippen LogP contribution in [0.25, 0.3) is 71.6 Å². The minimum absolute atomic E-state index is 0.188. The van der Waals surface area contributed by atoms with Crippen LogP contribution in [0.4, 0.5) is 0 Å². The molecule has 2 nitrogen and oxygen atoms in total. The predicted molar refractivity (Wildman–Crippen MR) is 177 cm³/mol. The first-order valence-electron chi connectivity index (χ1n) is 17.7. The normalized spacial score (nSPS) is 14.1. The summed E-state index contributed by atoms with van der Waals surface area (Å²) in [4.78, 5) is 4.69. The fourth-order valence-corrected chi connectivity index (χ4v) is 5.91. The maximum atomic E-state index is 9.20. The average molecular weight is 545 g/mol. The summed E-state index contributed by atoms with van der Waals surface area (Å²) in [5.74, 6) is 0.792. The number of aryl methyl sites for hydroxylation is 1. The number of imidazole rings is 1. The van der Waals surface area contributed by atoms with Crippen molar-refractivity contribution < 1.29 is 11.0 Å². The van der Waals surface area contributed by atoms with Crippen molar-refractivity contribution in [3.8, 4) is 39.1 Å². The van der Waals surface area contributed by atoms with Crippen LogP contribution in [0.1, 0.15) is 16.8 Å². The standard InChI is InChI=1S/C40H28N2/c1-27-41-37-17-9-10-18-38(37)42(27)32-25-23-31(24-26-32)40-35-15-7-5-13-33(35)39(34-14-6-8-16-36(34)40)30-21-19-29(20-22-30)28-11-3-2-4-12-28/h2-26H,1H3/i5D,6D,7D,8D,13D,14D,15D,16D. The van der Waals surface area contributed by atoms with Gasteiger partial charge in [-0.3, -0.25) is 4.57 Å². The molecular weight excluding hydrogens is 508 g/mol. The van der Waals surface area contributed by atoms with Gasteiger partial charge in [0.2, 0.25) is 0 Å². The predicted octanol–water partition coefficient (Wildman–Crippen LogP) is 10.6. The summed E-state index contributed by atoms with van der Waals surface area (Å²) in [5, 5.41) is 0.758. The minimum atomic E-state index is -0.425. The molecule has 0 saturated carbocycles. The van der Waals surface area contributed by atoms with Gasteiger partial charge in [-0.2, -0.15) is 0 Å². The highest BCUT2D eigenvalue weighted by molar-refractivity contribution is 6.21. The summed E-state index contributed by atoms with van der Waals surface area (Å²) in [5.41, 5.74) is 6.30. The lowest BCUT2D eigenvalue weighted by Crippen LogP contribution is -1.97. The van der Waals surface area contributed by atoms with E-state index in [1.165, 1.54) is 0 Å². The smallest absolute Gasteiger partial charge is 0.111 e. The fraction of sp³-hybridized carbons (Fsp3) is 0.0250. The van der Waals surface area contributed by atoms with E-state index in [-0.39, 0.29) is 45.7 Å². The van der Waals surface area contributed by atoms with Crippen LogP contribution >= 0.6 is 0 Å². The van der Waals surface area contributed by atoms with Gasteiger partial charge in [-0.15, -0.1) is 0 Å². The molecule has 0 atom stereocenters. The lowest BCUT2D eigenvalue weighted by atomic mass is 9.85. The van der Waals surface area contributed by atoms with Gasteiger partial charge in [0, 0.05) is 5.69 Å². The van der Waals surface area contributed by atoms with E-state index in [1.54, 1.807) is 0 Å². The quantitative estimate of drug-likeness (QED) is 0.202. The highest BCUT2D eigenvalue weighted by Gasteiger charge is 2.17. The molecule has 1 heterocycles. The molecule has 7 aromatic carbocycles. The highest BCUT2D eigenvalue weighted by atomic mass is 15.1. The Labute approximate surface area is 256 Å². The average Bonchev–Trinajstić information content (AvgIpc) is 3.49. The first kappa shape index (κ1) is 17.4. The van der Waals surface area contributed by atoms with Gasteiger partial charge in [-0.25, -0.2) is 4.98 Å². The fourth-order valence-electron chi connectivity index (χ4n) is 5.91. The van der Waals surface area contributed by atoms with E-state index in [0.717, 1.165) is 33.7 Å². The summed E-state index contributed by atoms with van der Waals surface area (Å²) >= 11 is 0. The molecule has 0 amide bonds. The molecule has 1 aromatic heterocycles. The summed E-state index contributed by atoms with van der Waals surface area (Å²) in [6, 6.07) is 29.7. The number of aromatic nitrogens is 2. The summed E-state index contributed by atoms with van der Waals surface area (Å²) < 4.78 is 73.5. The molecule has 0 spiro atoms. The van der Waals surface area contributed by atoms with Crippen LogP contribution in [0.15, 0.2) is 151 Å². The lowest BCUT2D eigenvalue weighted by Gasteiger charge is -2.18. The van der Waals surface area contributed by atoms with Crippen molar-refractivity contribution in [3.63, 3.8) is 0 Å². The molecule has 0 bridgehead atoms. The molecule has 0 fully saturated rings. The van der Waals surface area contributed by atoms with Crippen molar-refractivity contribution in [1.29, 1.82) is 0 Å². The number of fused-ring (bicyclic) bond motifs is 3. The molecule has 8 rings (SSSR count). The van der Waals surface area contributed by atoms with Gasteiger partial charge >= 0.3 is 0 Å². The minimum Gasteiger partial charge on any atom is -0.297 e. The lowest BCUT2D eigenvalue weighted by molar-refractivity contribution is 1.00. The molecule has 8 aromatic rings. The molecule has 0 aliphatic heterocycles. The van der Waals surface area contributed by atoms with E-state index in [9.17, 15) is 5.48 Å². The molecule has 198 valence electrons. The van der Waals surface area contributed by atoms with Gasteiger partial charge in [0.05, 0.1) is 22.0 Å². The molecule has 0 aliphatic carbocycles. The van der Waals surface area contributed by atoms with Crippen molar-refractivity contribution >= 4 is 32.6 Å².